The van der Waals surface area contributed by atoms with Gasteiger partial charge in [0.2, 0.25) is 5.79 Å². The predicted octanol–water partition coefficient (Wildman–Crippen LogP) is 9.47. The summed E-state index contributed by atoms with van der Waals surface area (Å²) in [5.41, 5.74) is 4.00. The monoisotopic (exact) mass is 873 g/mol. The number of ether oxygens (including phenoxy) is 3. The number of allylic oxidation sites excluding steroid dienone is 1. The molecule has 6 unspecified atom stereocenters. The minimum absolute atomic E-state index is 0.0320. The SMILES string of the molecule is C=CCOC12Oc3ccc(OCCSc4ccccc4)cc3C3C(CCCCO)C(CCCCO)C=C(C(=NOC)CC1N(Cc1ccc(F)cc1)C(=O)c1ccc(C#N)cc1)C32. The average Bonchev–Trinajstić information content (AvgIpc) is 3.31. The van der Waals surface area contributed by atoms with E-state index in [2.05, 4.69) is 42.1 Å². The highest BCUT2D eigenvalue weighted by molar-refractivity contribution is 7.99. The summed E-state index contributed by atoms with van der Waals surface area (Å²) in [6, 6.07) is 30.1. The maximum absolute atomic E-state index is 15.1. The lowest BCUT2D eigenvalue weighted by Crippen LogP contribution is -2.70. The molecule has 0 radical (unpaired) electrons. The zero-order valence-electron chi connectivity index (χ0n) is 35.7. The molecule has 1 heterocycles. The second-order valence-electron chi connectivity index (χ2n) is 16.2. The average molecular weight is 874 g/mol. The number of oxime groups is 1. The van der Waals surface area contributed by atoms with Crippen LogP contribution in [0, 0.1) is 34.9 Å². The van der Waals surface area contributed by atoms with Gasteiger partial charge in [0.1, 0.15) is 30.5 Å². The molecule has 1 fully saturated rings. The molecule has 330 valence electrons. The van der Waals surface area contributed by atoms with Crippen LogP contribution in [0.2, 0.25) is 0 Å². The largest absolute Gasteiger partial charge is 0.493 e. The number of hydrogen-bond acceptors (Lipinski definition) is 10. The number of benzene rings is 4. The van der Waals surface area contributed by atoms with Crippen molar-refractivity contribution in [3.63, 3.8) is 0 Å². The lowest BCUT2D eigenvalue weighted by atomic mass is 9.55. The first-order chi connectivity index (χ1) is 30.8. The summed E-state index contributed by atoms with van der Waals surface area (Å²) in [7, 11) is 1.51. The third-order valence-corrected chi connectivity index (χ3v) is 13.4. The first kappa shape index (κ1) is 45.6. The summed E-state index contributed by atoms with van der Waals surface area (Å²) < 4.78 is 35.3. The number of fused-ring (bicyclic) bond motifs is 2. The number of thioether (sulfide) groups is 1. The van der Waals surface area contributed by atoms with Gasteiger partial charge in [-0.2, -0.15) is 5.26 Å². The summed E-state index contributed by atoms with van der Waals surface area (Å²) in [6.07, 6.45) is 8.67. The van der Waals surface area contributed by atoms with Crippen LogP contribution in [0.15, 0.2) is 131 Å². The molecule has 2 aliphatic carbocycles. The first-order valence-corrected chi connectivity index (χ1v) is 22.8. The topological polar surface area (TPSA) is 134 Å². The Hall–Kier alpha value is -5.45. The molecule has 7 rings (SSSR count). The van der Waals surface area contributed by atoms with E-state index in [1.54, 1.807) is 59.1 Å². The number of aliphatic hydroxyl groups is 2. The van der Waals surface area contributed by atoms with E-state index in [0.717, 1.165) is 42.6 Å². The number of amides is 1. The van der Waals surface area contributed by atoms with Crippen LogP contribution in [-0.2, 0) is 16.1 Å². The van der Waals surface area contributed by atoms with E-state index >= 15 is 4.79 Å². The van der Waals surface area contributed by atoms with Gasteiger partial charge >= 0.3 is 0 Å². The first-order valence-electron chi connectivity index (χ1n) is 21.8. The maximum Gasteiger partial charge on any atom is 0.254 e. The Kier molecular flexibility index (Phi) is 15.7. The summed E-state index contributed by atoms with van der Waals surface area (Å²) in [5, 5.41) is 34.1. The second kappa shape index (κ2) is 21.8. The van der Waals surface area contributed by atoms with Crippen LogP contribution < -0.4 is 9.47 Å². The molecule has 1 amide bonds. The Morgan fingerprint density at radius 1 is 1.02 bits per heavy atom. The van der Waals surface area contributed by atoms with Gasteiger partial charge in [0.05, 0.1) is 36.5 Å². The Balaban J connectivity index is 1.40. The molecule has 12 heteroatoms. The number of rotatable bonds is 21. The van der Waals surface area contributed by atoms with Crippen molar-refractivity contribution < 1.29 is 38.4 Å². The van der Waals surface area contributed by atoms with Gasteiger partial charge in [0.25, 0.3) is 5.91 Å². The van der Waals surface area contributed by atoms with Crippen molar-refractivity contribution in [1.82, 2.24) is 4.90 Å². The van der Waals surface area contributed by atoms with Gasteiger partial charge in [0, 0.05) is 53.9 Å². The highest BCUT2D eigenvalue weighted by Crippen LogP contribution is 2.62. The Morgan fingerprint density at radius 3 is 2.46 bits per heavy atom. The summed E-state index contributed by atoms with van der Waals surface area (Å²) in [4.78, 5) is 23.7. The van der Waals surface area contributed by atoms with Crippen molar-refractivity contribution in [3.8, 4) is 17.6 Å². The molecule has 10 nitrogen and oxygen atoms in total. The van der Waals surface area contributed by atoms with E-state index in [1.807, 2.05) is 30.3 Å². The van der Waals surface area contributed by atoms with E-state index in [0.29, 0.717) is 53.3 Å². The number of unbranched alkanes of at least 4 members (excludes halogenated alkanes) is 2. The molecular weight excluding hydrogens is 818 g/mol. The van der Waals surface area contributed by atoms with Crippen molar-refractivity contribution in [2.45, 2.75) is 74.1 Å². The van der Waals surface area contributed by atoms with E-state index in [9.17, 15) is 19.9 Å². The van der Waals surface area contributed by atoms with Crippen LogP contribution in [0.3, 0.4) is 0 Å². The van der Waals surface area contributed by atoms with Crippen LogP contribution in [0.5, 0.6) is 11.5 Å². The van der Waals surface area contributed by atoms with Crippen LogP contribution >= 0.6 is 11.8 Å². The number of carbonyl (C=O) groups is 1. The molecule has 3 aliphatic rings. The van der Waals surface area contributed by atoms with Crippen molar-refractivity contribution in [1.29, 1.82) is 5.26 Å². The summed E-state index contributed by atoms with van der Waals surface area (Å²) in [6.45, 7) is 4.86. The number of nitriles is 1. The maximum atomic E-state index is 15.1. The van der Waals surface area contributed by atoms with Gasteiger partial charge in [-0.15, -0.1) is 18.3 Å². The molecule has 0 bridgehead atoms. The van der Waals surface area contributed by atoms with Crippen molar-refractivity contribution in [2.24, 2.45) is 22.9 Å². The zero-order chi connectivity index (χ0) is 44.2. The molecule has 2 N–H and O–H groups in total. The van der Waals surface area contributed by atoms with E-state index in [4.69, 9.17) is 19.0 Å². The Morgan fingerprint density at radius 2 is 1.76 bits per heavy atom. The third kappa shape index (κ3) is 10.3. The van der Waals surface area contributed by atoms with Gasteiger partial charge in [-0.25, -0.2) is 4.39 Å². The van der Waals surface area contributed by atoms with Gasteiger partial charge in [-0.05, 0) is 115 Å². The predicted molar refractivity (Wildman–Crippen MR) is 242 cm³/mol. The van der Waals surface area contributed by atoms with Gasteiger partial charge in [0.15, 0.2) is 0 Å². The van der Waals surface area contributed by atoms with Gasteiger partial charge < -0.3 is 34.2 Å². The Labute approximate surface area is 374 Å². The van der Waals surface area contributed by atoms with Crippen LogP contribution in [0.4, 0.5) is 4.39 Å². The molecular formula is C51H56FN3O7S. The summed E-state index contributed by atoms with van der Waals surface area (Å²) in [5.74, 6) is -0.805. The molecule has 6 atom stereocenters. The third-order valence-electron chi connectivity index (χ3n) is 12.4. The van der Waals surface area contributed by atoms with Gasteiger partial charge in [-0.1, -0.05) is 60.5 Å². The fraction of sp³-hybridized carbons (Fsp3) is 0.392. The molecule has 0 aromatic heterocycles. The number of hydrogen-bond donors (Lipinski definition) is 2. The molecule has 1 saturated carbocycles. The van der Waals surface area contributed by atoms with E-state index in [1.165, 1.54) is 24.1 Å². The van der Waals surface area contributed by atoms with Gasteiger partial charge in [-0.3, -0.25) is 4.79 Å². The molecule has 0 saturated heterocycles. The van der Waals surface area contributed by atoms with Crippen LogP contribution in [0.25, 0.3) is 0 Å². The molecule has 4 aromatic rings. The van der Waals surface area contributed by atoms with E-state index in [-0.39, 0.29) is 56.4 Å². The zero-order valence-corrected chi connectivity index (χ0v) is 36.6. The van der Waals surface area contributed by atoms with E-state index < -0.39 is 23.6 Å². The number of carbonyl (C=O) groups excluding carboxylic acids is 1. The highest BCUT2D eigenvalue weighted by atomic mass is 32.2. The standard InChI is InChI=1S/C51H56FN3O7S/c1-3-27-61-51-47(55(34-36-17-21-39(52)22-18-36)50(58)37-19-15-35(33-53)16-20-37)32-45(54-59-2)43-30-38(11-7-9-25-56)42(14-8-10-26-57)48(49(43)51)44-31-40(23-24-46(44)62-51)60-28-29-63-41-12-5-4-6-13-41/h3-6,12-13,15-24,30-31,38,42,47-49,56-57H,1,7-11,14,25-29,32,34H2,2H3. The second-order valence-corrected chi connectivity index (χ2v) is 17.4. The van der Waals surface area contributed by atoms with Crippen molar-refractivity contribution in [2.75, 3.05) is 39.3 Å². The lowest BCUT2D eigenvalue weighted by molar-refractivity contribution is -0.255. The fourth-order valence-corrected chi connectivity index (χ4v) is 10.4. The van der Waals surface area contributed by atoms with Crippen molar-refractivity contribution >= 4 is 23.4 Å². The number of nitrogens with zero attached hydrogens (tertiary/aromatic N) is 3. The molecule has 0 spiro atoms. The normalized spacial score (nSPS) is 22.7. The molecule has 4 aromatic carbocycles. The molecule has 63 heavy (non-hydrogen) atoms. The fourth-order valence-electron chi connectivity index (χ4n) is 9.65. The van der Waals surface area contributed by atoms with Crippen LogP contribution in [-0.4, -0.2) is 77.9 Å². The number of aliphatic hydroxyl groups excluding tert-OH is 2. The highest BCUT2D eigenvalue weighted by Gasteiger charge is 2.65. The van der Waals surface area contributed by atoms with Crippen molar-refractivity contribution in [3.05, 3.63) is 149 Å². The molecule has 1 aliphatic heterocycles. The van der Waals surface area contributed by atoms with Crippen LogP contribution in [0.1, 0.15) is 77.9 Å². The summed E-state index contributed by atoms with van der Waals surface area (Å²) >= 11 is 1.73. The number of halogens is 1. The minimum Gasteiger partial charge on any atom is -0.493 e. The minimum atomic E-state index is -1.49. The Bertz CT molecular complexity index is 2270. The lowest BCUT2D eigenvalue weighted by Gasteiger charge is -2.60. The quantitative estimate of drug-likeness (QED) is 0.0364. The smallest absolute Gasteiger partial charge is 0.254 e.